The Morgan fingerprint density at radius 3 is 2.36 bits per heavy atom. The summed E-state index contributed by atoms with van der Waals surface area (Å²) in [5, 5.41) is 13.0. The van der Waals surface area contributed by atoms with E-state index >= 15 is 0 Å². The fourth-order valence-electron chi connectivity index (χ4n) is 3.95. The zero-order valence-electron chi connectivity index (χ0n) is 21.4. The molecular formula is C28H25N3O7S. The zero-order chi connectivity index (χ0) is 28.1. The lowest BCUT2D eigenvalue weighted by Gasteiger charge is -2.13. The molecule has 39 heavy (non-hydrogen) atoms. The maximum Gasteiger partial charge on any atom is 0.294 e. The van der Waals surface area contributed by atoms with Crippen LogP contribution in [0.2, 0.25) is 0 Å². The summed E-state index contributed by atoms with van der Waals surface area (Å²) in [4.78, 5) is 49.4. The van der Waals surface area contributed by atoms with E-state index in [2.05, 4.69) is 5.32 Å². The summed E-state index contributed by atoms with van der Waals surface area (Å²) in [7, 11) is 1.47. The van der Waals surface area contributed by atoms with Crippen LogP contribution >= 0.6 is 11.8 Å². The quantitative estimate of drug-likeness (QED) is 0.212. The maximum atomic E-state index is 12.9. The first-order valence-electron chi connectivity index (χ1n) is 11.8. The van der Waals surface area contributed by atoms with Gasteiger partial charge in [-0.15, -0.1) is 0 Å². The minimum absolute atomic E-state index is 0.00733. The highest BCUT2D eigenvalue weighted by Gasteiger charge is 2.36. The number of nitro benzene ring substituents is 1. The lowest BCUT2D eigenvalue weighted by molar-refractivity contribution is -0.384. The van der Waals surface area contributed by atoms with E-state index in [4.69, 9.17) is 9.47 Å². The molecule has 3 aromatic carbocycles. The molecule has 1 heterocycles. The van der Waals surface area contributed by atoms with Gasteiger partial charge < -0.3 is 14.8 Å². The lowest BCUT2D eigenvalue weighted by Crippen LogP contribution is -2.36. The first kappa shape index (κ1) is 27.4. The van der Waals surface area contributed by atoms with Gasteiger partial charge in [0.25, 0.3) is 16.8 Å². The average Bonchev–Trinajstić information content (AvgIpc) is 3.14. The minimum Gasteiger partial charge on any atom is -0.493 e. The van der Waals surface area contributed by atoms with Crippen molar-refractivity contribution in [2.24, 2.45) is 0 Å². The predicted molar refractivity (Wildman–Crippen MR) is 148 cm³/mol. The summed E-state index contributed by atoms with van der Waals surface area (Å²) in [6.45, 7) is 3.59. The second kappa shape index (κ2) is 11.8. The molecule has 0 radical (unpaired) electrons. The van der Waals surface area contributed by atoms with E-state index in [1.54, 1.807) is 36.4 Å². The van der Waals surface area contributed by atoms with Gasteiger partial charge in [-0.1, -0.05) is 12.1 Å². The number of imide groups is 1. The number of carbonyl (C=O) groups is 3. The molecule has 11 heteroatoms. The van der Waals surface area contributed by atoms with Crippen LogP contribution in [-0.4, -0.2) is 40.5 Å². The van der Waals surface area contributed by atoms with E-state index in [0.29, 0.717) is 22.7 Å². The highest BCUT2D eigenvalue weighted by molar-refractivity contribution is 8.18. The van der Waals surface area contributed by atoms with E-state index < -0.39 is 28.5 Å². The number of nitrogens with one attached hydrogen (secondary N) is 1. The van der Waals surface area contributed by atoms with Gasteiger partial charge in [0.15, 0.2) is 11.5 Å². The first-order valence-corrected chi connectivity index (χ1v) is 12.6. The number of non-ortho nitro benzene ring substituents is 1. The molecule has 0 aromatic heterocycles. The number of hydrogen-bond donors (Lipinski definition) is 1. The number of amides is 3. The third-order valence-corrected chi connectivity index (χ3v) is 6.62. The molecule has 200 valence electrons. The molecular weight excluding hydrogens is 522 g/mol. The van der Waals surface area contributed by atoms with E-state index in [0.717, 1.165) is 33.4 Å². The Labute approximate surface area is 228 Å². The Hall–Kier alpha value is -4.64. The van der Waals surface area contributed by atoms with Gasteiger partial charge in [-0.25, -0.2) is 0 Å². The summed E-state index contributed by atoms with van der Waals surface area (Å²) < 4.78 is 11.2. The van der Waals surface area contributed by atoms with Crippen molar-refractivity contribution in [1.29, 1.82) is 0 Å². The van der Waals surface area contributed by atoms with Crippen molar-refractivity contribution in [2.45, 2.75) is 20.5 Å². The zero-order valence-corrected chi connectivity index (χ0v) is 22.2. The van der Waals surface area contributed by atoms with Gasteiger partial charge in [-0.05, 0) is 90.3 Å². The number of aryl methyl sites for hydroxylation is 2. The number of anilines is 1. The van der Waals surface area contributed by atoms with Crippen molar-refractivity contribution < 1.29 is 28.8 Å². The van der Waals surface area contributed by atoms with Crippen LogP contribution in [0.25, 0.3) is 6.08 Å². The van der Waals surface area contributed by atoms with Crippen LogP contribution in [0.3, 0.4) is 0 Å². The van der Waals surface area contributed by atoms with Crippen molar-refractivity contribution in [2.75, 3.05) is 19.0 Å². The van der Waals surface area contributed by atoms with Crippen LogP contribution < -0.4 is 14.8 Å². The van der Waals surface area contributed by atoms with E-state index in [1.165, 1.54) is 19.2 Å². The molecule has 1 aliphatic rings. The van der Waals surface area contributed by atoms with Crippen molar-refractivity contribution in [3.8, 4) is 11.5 Å². The molecule has 3 aromatic rings. The van der Waals surface area contributed by atoms with Crippen LogP contribution in [0.4, 0.5) is 16.2 Å². The third-order valence-electron chi connectivity index (χ3n) is 5.71. The molecule has 0 spiro atoms. The highest BCUT2D eigenvalue weighted by atomic mass is 32.2. The van der Waals surface area contributed by atoms with Crippen LogP contribution in [-0.2, 0) is 16.2 Å². The number of thioether (sulfide) groups is 1. The largest absolute Gasteiger partial charge is 0.493 e. The number of nitrogens with zero attached hydrogens (tertiary/aromatic N) is 2. The van der Waals surface area contributed by atoms with Crippen LogP contribution in [0.5, 0.6) is 11.5 Å². The van der Waals surface area contributed by atoms with Crippen molar-refractivity contribution in [3.05, 3.63) is 97.9 Å². The number of methoxy groups -OCH3 is 1. The van der Waals surface area contributed by atoms with Gasteiger partial charge >= 0.3 is 0 Å². The summed E-state index contributed by atoms with van der Waals surface area (Å²) in [6.07, 6.45) is 1.55. The molecule has 1 saturated heterocycles. The van der Waals surface area contributed by atoms with E-state index in [9.17, 15) is 24.5 Å². The molecule has 1 N–H and O–H groups in total. The fraction of sp³-hybridized carbons (Fsp3) is 0.179. The number of nitro groups is 1. The monoisotopic (exact) mass is 547 g/mol. The van der Waals surface area contributed by atoms with Crippen LogP contribution in [0.15, 0.2) is 65.6 Å². The number of hydrogen-bond acceptors (Lipinski definition) is 8. The third kappa shape index (κ3) is 6.82. The van der Waals surface area contributed by atoms with Gasteiger partial charge in [0.05, 0.1) is 16.9 Å². The van der Waals surface area contributed by atoms with Gasteiger partial charge in [-0.2, -0.15) is 0 Å². The normalized spacial score (nSPS) is 14.0. The second-order valence-electron chi connectivity index (χ2n) is 8.81. The summed E-state index contributed by atoms with van der Waals surface area (Å²) >= 11 is 0.757. The second-order valence-corrected chi connectivity index (χ2v) is 9.81. The summed E-state index contributed by atoms with van der Waals surface area (Å²) in [5.74, 6) is -0.195. The molecule has 0 aliphatic carbocycles. The predicted octanol–water partition coefficient (Wildman–Crippen LogP) is 5.47. The van der Waals surface area contributed by atoms with Gasteiger partial charge in [0, 0.05) is 17.8 Å². The Morgan fingerprint density at radius 1 is 1.03 bits per heavy atom. The van der Waals surface area contributed by atoms with Crippen LogP contribution in [0, 0.1) is 24.0 Å². The molecule has 10 nitrogen and oxygen atoms in total. The molecule has 1 aliphatic heterocycles. The SMILES string of the molecule is COc1cc(/C=C2/SC(=O)N(CC(=O)Nc3cc(C)cc(C)c3)C2=O)ccc1OCc1ccc([N+](=O)[O-])cc1. The Balaban J connectivity index is 1.41. The summed E-state index contributed by atoms with van der Waals surface area (Å²) in [6, 6.07) is 16.6. The van der Waals surface area contributed by atoms with E-state index in [-0.39, 0.29) is 17.2 Å². The van der Waals surface area contributed by atoms with Crippen molar-refractivity contribution in [3.63, 3.8) is 0 Å². The number of rotatable bonds is 9. The van der Waals surface area contributed by atoms with Crippen LogP contribution in [0.1, 0.15) is 22.3 Å². The topological polar surface area (TPSA) is 128 Å². The fourth-order valence-corrected chi connectivity index (χ4v) is 4.79. The van der Waals surface area contributed by atoms with Crippen molar-refractivity contribution >= 4 is 46.3 Å². The highest BCUT2D eigenvalue weighted by Crippen LogP contribution is 2.35. The Morgan fingerprint density at radius 2 is 1.72 bits per heavy atom. The molecule has 0 bridgehead atoms. The molecule has 0 atom stereocenters. The minimum atomic E-state index is -0.557. The Bertz CT molecular complexity index is 1460. The van der Waals surface area contributed by atoms with Gasteiger partial charge in [0.2, 0.25) is 5.91 Å². The first-order chi connectivity index (χ1) is 18.6. The standard InChI is InChI=1S/C28H25N3O7S/c1-17-10-18(2)12-21(11-17)29-26(32)15-30-27(33)25(39-28(30)34)14-20-6-9-23(24(13-20)37-3)38-16-19-4-7-22(8-5-19)31(35)36/h4-14H,15-16H2,1-3H3,(H,29,32)/b25-14+. The smallest absolute Gasteiger partial charge is 0.294 e. The van der Waals surface area contributed by atoms with Gasteiger partial charge in [0.1, 0.15) is 13.2 Å². The number of benzene rings is 3. The summed E-state index contributed by atoms with van der Waals surface area (Å²) in [5.41, 5.74) is 3.90. The molecule has 3 amide bonds. The van der Waals surface area contributed by atoms with E-state index in [1.807, 2.05) is 32.0 Å². The molecule has 0 unspecified atom stereocenters. The van der Waals surface area contributed by atoms with Gasteiger partial charge in [-0.3, -0.25) is 29.4 Å². The lowest BCUT2D eigenvalue weighted by atomic mass is 10.1. The maximum absolute atomic E-state index is 12.9. The molecule has 0 saturated carbocycles. The average molecular weight is 548 g/mol. The van der Waals surface area contributed by atoms with Crippen molar-refractivity contribution in [1.82, 2.24) is 4.90 Å². The Kier molecular flexibility index (Phi) is 8.30. The molecule has 4 rings (SSSR count). The number of ether oxygens (including phenoxy) is 2. The molecule has 1 fully saturated rings. The number of carbonyl (C=O) groups excluding carboxylic acids is 3.